The van der Waals surface area contributed by atoms with Gasteiger partial charge in [-0.05, 0) is 37.1 Å². The molecule has 0 aliphatic carbocycles. The number of ether oxygens (including phenoxy) is 1. The Morgan fingerprint density at radius 3 is 2.96 bits per heavy atom. The molecular weight excluding hydrogens is 318 g/mol. The van der Waals surface area contributed by atoms with Crippen molar-refractivity contribution in [3.63, 3.8) is 0 Å². The molecule has 3 rings (SSSR count). The predicted octanol–water partition coefficient (Wildman–Crippen LogP) is 2.74. The molecule has 2 aromatic rings. The lowest BCUT2D eigenvalue weighted by Crippen LogP contribution is -2.40. The molecule has 0 N–H and O–H groups in total. The number of hydrogen-bond donors (Lipinski definition) is 0. The number of halogens is 1. The number of likely N-dealkylation sites (tertiary alicyclic amines) is 1. The van der Waals surface area contributed by atoms with Crippen LogP contribution < -0.4 is 0 Å². The number of benzene rings is 1. The van der Waals surface area contributed by atoms with Crippen LogP contribution in [0.2, 0.25) is 5.02 Å². The largest absolute Gasteiger partial charge is 0.375 e. The van der Waals surface area contributed by atoms with Crippen molar-refractivity contribution in [1.82, 2.24) is 15.0 Å². The van der Waals surface area contributed by atoms with Gasteiger partial charge in [0.15, 0.2) is 0 Å². The summed E-state index contributed by atoms with van der Waals surface area (Å²) in [7, 11) is 1.52. The third-order valence-corrected chi connectivity index (χ3v) is 4.19. The summed E-state index contributed by atoms with van der Waals surface area (Å²) in [5.41, 5.74) is 0.854. The first-order valence-electron chi connectivity index (χ1n) is 7.53. The number of carbonyl (C=O) groups is 1. The second-order valence-electron chi connectivity index (χ2n) is 5.58. The highest BCUT2D eigenvalue weighted by atomic mass is 35.5. The molecule has 1 aromatic carbocycles. The number of hydrogen-bond acceptors (Lipinski definition) is 5. The monoisotopic (exact) mass is 335 g/mol. The van der Waals surface area contributed by atoms with E-state index in [0.717, 1.165) is 24.9 Å². The van der Waals surface area contributed by atoms with E-state index in [1.165, 1.54) is 7.11 Å². The van der Waals surface area contributed by atoms with Gasteiger partial charge >= 0.3 is 0 Å². The summed E-state index contributed by atoms with van der Waals surface area (Å²) in [5, 5.41) is 4.70. The first kappa shape index (κ1) is 16.0. The topological polar surface area (TPSA) is 68.5 Å². The SMILES string of the molecule is COCC(=O)N1CCC[C@H](c2nc(-c3ccc(Cl)cc3)no2)C1. The summed E-state index contributed by atoms with van der Waals surface area (Å²) in [5.74, 6) is 1.18. The molecular formula is C16H18ClN3O3. The van der Waals surface area contributed by atoms with Crippen molar-refractivity contribution in [2.45, 2.75) is 18.8 Å². The van der Waals surface area contributed by atoms with Gasteiger partial charge in [0.05, 0.1) is 5.92 Å². The summed E-state index contributed by atoms with van der Waals surface area (Å²) in [6.45, 7) is 1.44. The third-order valence-electron chi connectivity index (χ3n) is 3.94. The molecule has 0 unspecified atom stereocenters. The molecule has 0 radical (unpaired) electrons. The average molecular weight is 336 g/mol. The lowest BCUT2D eigenvalue weighted by Gasteiger charge is -2.30. The molecule has 0 bridgehead atoms. The van der Waals surface area contributed by atoms with Crippen LogP contribution in [-0.2, 0) is 9.53 Å². The predicted molar refractivity (Wildman–Crippen MR) is 85.2 cm³/mol. The molecule has 23 heavy (non-hydrogen) atoms. The minimum absolute atomic E-state index is 0.00496. The summed E-state index contributed by atoms with van der Waals surface area (Å²) in [6.07, 6.45) is 1.85. The maximum atomic E-state index is 12.0. The van der Waals surface area contributed by atoms with Gasteiger partial charge in [0.2, 0.25) is 17.6 Å². The lowest BCUT2D eigenvalue weighted by atomic mass is 9.98. The van der Waals surface area contributed by atoms with Crippen molar-refractivity contribution in [1.29, 1.82) is 0 Å². The molecule has 1 aromatic heterocycles. The smallest absolute Gasteiger partial charge is 0.248 e. The molecule has 7 heteroatoms. The van der Waals surface area contributed by atoms with Crippen LogP contribution in [0.4, 0.5) is 0 Å². The van der Waals surface area contributed by atoms with E-state index in [2.05, 4.69) is 10.1 Å². The minimum Gasteiger partial charge on any atom is -0.375 e. The van der Waals surface area contributed by atoms with Gasteiger partial charge in [-0.25, -0.2) is 0 Å². The van der Waals surface area contributed by atoms with E-state index in [9.17, 15) is 4.79 Å². The fourth-order valence-electron chi connectivity index (χ4n) is 2.74. The summed E-state index contributed by atoms with van der Waals surface area (Å²) >= 11 is 5.89. The minimum atomic E-state index is -0.00496. The molecule has 2 heterocycles. The van der Waals surface area contributed by atoms with E-state index in [0.29, 0.717) is 23.3 Å². The number of carbonyl (C=O) groups excluding carboxylic acids is 1. The molecule has 0 spiro atoms. The normalized spacial score (nSPS) is 18.2. The summed E-state index contributed by atoms with van der Waals surface area (Å²) in [6, 6.07) is 7.29. The Balaban J connectivity index is 1.72. The molecule has 122 valence electrons. The number of nitrogens with zero attached hydrogens (tertiary/aromatic N) is 3. The maximum Gasteiger partial charge on any atom is 0.248 e. The van der Waals surface area contributed by atoms with E-state index < -0.39 is 0 Å². The van der Waals surface area contributed by atoms with Crippen LogP contribution in [0.1, 0.15) is 24.7 Å². The molecule has 1 saturated heterocycles. The zero-order valence-electron chi connectivity index (χ0n) is 12.9. The Labute approximate surface area is 139 Å². The number of piperidine rings is 1. The summed E-state index contributed by atoms with van der Waals surface area (Å²) < 4.78 is 10.3. The van der Waals surface area contributed by atoms with Gasteiger partial charge in [0.1, 0.15) is 6.61 Å². The van der Waals surface area contributed by atoms with Crippen molar-refractivity contribution in [2.75, 3.05) is 26.8 Å². The van der Waals surface area contributed by atoms with Gasteiger partial charge < -0.3 is 14.2 Å². The molecule has 1 aliphatic heterocycles. The lowest BCUT2D eigenvalue weighted by molar-refractivity contribution is -0.136. The molecule has 0 saturated carbocycles. The second-order valence-corrected chi connectivity index (χ2v) is 6.01. The van der Waals surface area contributed by atoms with Gasteiger partial charge in [-0.1, -0.05) is 16.8 Å². The van der Waals surface area contributed by atoms with Crippen molar-refractivity contribution in [3.8, 4) is 11.4 Å². The Bertz CT molecular complexity index is 671. The fourth-order valence-corrected chi connectivity index (χ4v) is 2.86. The highest BCUT2D eigenvalue weighted by Gasteiger charge is 2.28. The molecule has 1 amide bonds. The Kier molecular flexibility index (Phi) is 4.93. The fraction of sp³-hybridized carbons (Fsp3) is 0.438. The van der Waals surface area contributed by atoms with E-state index in [4.69, 9.17) is 20.9 Å². The van der Waals surface area contributed by atoms with Gasteiger partial charge in [0, 0.05) is 30.8 Å². The highest BCUT2D eigenvalue weighted by Crippen LogP contribution is 2.28. The van der Waals surface area contributed by atoms with Gasteiger partial charge in [0.25, 0.3) is 0 Å². The number of rotatable bonds is 4. The molecule has 6 nitrogen and oxygen atoms in total. The molecule has 1 atom stereocenters. The zero-order chi connectivity index (χ0) is 16.2. The summed E-state index contributed by atoms with van der Waals surface area (Å²) in [4.78, 5) is 18.2. The Morgan fingerprint density at radius 2 is 2.22 bits per heavy atom. The van der Waals surface area contributed by atoms with Crippen LogP contribution in [0.25, 0.3) is 11.4 Å². The van der Waals surface area contributed by atoms with E-state index >= 15 is 0 Å². The molecule has 1 aliphatic rings. The van der Waals surface area contributed by atoms with Crippen LogP contribution in [0, 0.1) is 0 Å². The van der Waals surface area contributed by atoms with Crippen LogP contribution in [0.3, 0.4) is 0 Å². The first-order valence-corrected chi connectivity index (χ1v) is 7.91. The first-order chi connectivity index (χ1) is 11.2. The van der Waals surface area contributed by atoms with Crippen LogP contribution in [-0.4, -0.2) is 47.8 Å². The van der Waals surface area contributed by atoms with Crippen molar-refractivity contribution >= 4 is 17.5 Å². The van der Waals surface area contributed by atoms with Gasteiger partial charge in [-0.15, -0.1) is 0 Å². The van der Waals surface area contributed by atoms with Crippen LogP contribution in [0.15, 0.2) is 28.8 Å². The quantitative estimate of drug-likeness (QED) is 0.859. The van der Waals surface area contributed by atoms with Crippen molar-refractivity contribution < 1.29 is 14.1 Å². The van der Waals surface area contributed by atoms with Crippen LogP contribution in [0.5, 0.6) is 0 Å². The maximum absolute atomic E-state index is 12.0. The van der Waals surface area contributed by atoms with Crippen LogP contribution >= 0.6 is 11.6 Å². The Morgan fingerprint density at radius 1 is 1.43 bits per heavy atom. The van der Waals surface area contributed by atoms with E-state index in [1.54, 1.807) is 17.0 Å². The van der Waals surface area contributed by atoms with Crippen molar-refractivity contribution in [2.24, 2.45) is 0 Å². The van der Waals surface area contributed by atoms with Gasteiger partial charge in [-0.3, -0.25) is 4.79 Å². The third kappa shape index (κ3) is 3.71. The standard InChI is InChI=1S/C16H18ClN3O3/c1-22-10-14(21)20-8-2-3-12(9-20)16-18-15(19-23-16)11-4-6-13(17)7-5-11/h4-7,12H,2-3,8-10H2,1H3/t12-/m0/s1. The zero-order valence-corrected chi connectivity index (χ0v) is 13.6. The second kappa shape index (κ2) is 7.10. The number of methoxy groups -OCH3 is 1. The van der Waals surface area contributed by atoms with E-state index in [1.807, 2.05) is 12.1 Å². The number of amides is 1. The van der Waals surface area contributed by atoms with Crippen molar-refractivity contribution in [3.05, 3.63) is 35.2 Å². The average Bonchev–Trinajstić information content (AvgIpc) is 3.06. The number of aromatic nitrogens is 2. The molecule has 1 fully saturated rings. The highest BCUT2D eigenvalue weighted by molar-refractivity contribution is 6.30. The Hall–Kier alpha value is -1.92. The van der Waals surface area contributed by atoms with E-state index in [-0.39, 0.29) is 18.4 Å². The van der Waals surface area contributed by atoms with Gasteiger partial charge in [-0.2, -0.15) is 4.98 Å².